The largest absolute Gasteiger partial charge is 0.481 e. The molecule has 0 saturated heterocycles. The molecule has 6 heteroatoms. The average molecular weight is 255 g/mol. The van der Waals surface area contributed by atoms with Gasteiger partial charge in [0.2, 0.25) is 5.91 Å². The number of fused-ring (bicyclic) bond motifs is 2. The second-order valence-corrected chi connectivity index (χ2v) is 4.91. The van der Waals surface area contributed by atoms with Crippen LogP contribution in [0.4, 0.5) is 0 Å². The third-order valence-corrected chi connectivity index (χ3v) is 3.83. The maximum absolute atomic E-state index is 12.0. The fraction of sp³-hybridized carbons (Fsp3) is 0.667. The number of nitrogens with one attached hydrogen (secondary N) is 1. The van der Waals surface area contributed by atoms with Crippen LogP contribution in [0.5, 0.6) is 0 Å². The van der Waals surface area contributed by atoms with Gasteiger partial charge < -0.3 is 20.6 Å². The van der Waals surface area contributed by atoms with Crippen LogP contribution in [-0.2, 0) is 9.59 Å². The van der Waals surface area contributed by atoms with Crippen LogP contribution < -0.4 is 5.32 Å². The third kappa shape index (κ3) is 2.13. The van der Waals surface area contributed by atoms with E-state index in [9.17, 15) is 14.7 Å². The molecule has 6 nitrogen and oxygen atoms in total. The first-order chi connectivity index (χ1) is 8.58. The first-order valence-electron chi connectivity index (χ1n) is 6.01. The molecule has 0 aromatic rings. The van der Waals surface area contributed by atoms with Gasteiger partial charge in [0.1, 0.15) is 0 Å². The van der Waals surface area contributed by atoms with E-state index in [1.807, 2.05) is 12.2 Å². The maximum atomic E-state index is 12.0. The molecule has 0 heterocycles. The molecule has 0 radical (unpaired) electrons. The van der Waals surface area contributed by atoms with Crippen LogP contribution in [0.2, 0.25) is 0 Å². The number of carboxylic acid groups (broad SMARTS) is 1. The number of rotatable bonds is 5. The number of carbonyl (C=O) groups excluding carboxylic acids is 1. The second-order valence-electron chi connectivity index (χ2n) is 4.91. The Morgan fingerprint density at radius 3 is 2.22 bits per heavy atom. The first-order valence-corrected chi connectivity index (χ1v) is 6.01. The Morgan fingerprint density at radius 2 is 1.72 bits per heavy atom. The van der Waals surface area contributed by atoms with Crippen molar-refractivity contribution in [1.82, 2.24) is 5.32 Å². The van der Waals surface area contributed by atoms with Crippen molar-refractivity contribution in [3.63, 3.8) is 0 Å². The van der Waals surface area contributed by atoms with E-state index in [0.29, 0.717) is 6.42 Å². The molecule has 18 heavy (non-hydrogen) atoms. The molecule has 100 valence electrons. The zero-order valence-electron chi connectivity index (χ0n) is 9.82. The van der Waals surface area contributed by atoms with E-state index >= 15 is 0 Å². The van der Waals surface area contributed by atoms with Gasteiger partial charge in [0, 0.05) is 0 Å². The Hall–Kier alpha value is -1.40. The number of allylic oxidation sites excluding steroid dienone is 2. The van der Waals surface area contributed by atoms with E-state index in [1.54, 1.807) is 0 Å². The first kappa shape index (κ1) is 13.0. The molecule has 2 bridgehead atoms. The molecule has 1 saturated carbocycles. The number of hydrogen-bond acceptors (Lipinski definition) is 4. The Morgan fingerprint density at radius 1 is 1.17 bits per heavy atom. The summed E-state index contributed by atoms with van der Waals surface area (Å²) < 4.78 is 0. The molecule has 1 fully saturated rings. The average Bonchev–Trinajstić information content (AvgIpc) is 2.95. The van der Waals surface area contributed by atoms with Crippen molar-refractivity contribution in [2.45, 2.75) is 12.5 Å². The highest BCUT2D eigenvalue weighted by Gasteiger charge is 2.51. The van der Waals surface area contributed by atoms with Crippen molar-refractivity contribution in [1.29, 1.82) is 0 Å². The summed E-state index contributed by atoms with van der Waals surface area (Å²) in [7, 11) is 0. The molecule has 2 aliphatic rings. The fourth-order valence-electron chi connectivity index (χ4n) is 2.96. The van der Waals surface area contributed by atoms with Crippen LogP contribution >= 0.6 is 0 Å². The standard InChI is InChI=1S/C12H17NO5/c14-4-8(5-15)13-11(16)9-6-1-2-7(3-6)10(9)12(17)18/h1-2,6-10,14-15H,3-5H2,(H,13,16)(H,17,18)/t6?,7?,9-,10+/m0/s1. The molecule has 0 aromatic heterocycles. The molecule has 2 rings (SSSR count). The number of amides is 1. The summed E-state index contributed by atoms with van der Waals surface area (Å²) in [5.74, 6) is -2.78. The number of carbonyl (C=O) groups is 2. The van der Waals surface area contributed by atoms with Crippen LogP contribution in [-0.4, -0.2) is 46.5 Å². The fourth-order valence-corrected chi connectivity index (χ4v) is 2.96. The van der Waals surface area contributed by atoms with Gasteiger partial charge in [0.25, 0.3) is 0 Å². The van der Waals surface area contributed by atoms with E-state index in [-0.39, 0.29) is 25.0 Å². The molecule has 4 N–H and O–H groups in total. The van der Waals surface area contributed by atoms with Gasteiger partial charge in [-0.05, 0) is 18.3 Å². The number of aliphatic carboxylic acids is 1. The molecule has 4 atom stereocenters. The molecule has 2 aliphatic carbocycles. The minimum atomic E-state index is -0.962. The Bertz CT molecular complexity index is 377. The van der Waals surface area contributed by atoms with Gasteiger partial charge in [0.05, 0.1) is 31.1 Å². The van der Waals surface area contributed by atoms with E-state index in [1.165, 1.54) is 0 Å². The highest BCUT2D eigenvalue weighted by atomic mass is 16.4. The van der Waals surface area contributed by atoms with Gasteiger partial charge in [-0.25, -0.2) is 0 Å². The Balaban J connectivity index is 2.09. The van der Waals surface area contributed by atoms with Crippen LogP contribution in [0.3, 0.4) is 0 Å². The summed E-state index contributed by atoms with van der Waals surface area (Å²) in [6, 6.07) is -0.727. The minimum Gasteiger partial charge on any atom is -0.481 e. The van der Waals surface area contributed by atoms with Gasteiger partial charge in [-0.2, -0.15) is 0 Å². The van der Waals surface area contributed by atoms with Crippen molar-refractivity contribution in [2.75, 3.05) is 13.2 Å². The summed E-state index contributed by atoms with van der Waals surface area (Å²) in [5.41, 5.74) is 0. The van der Waals surface area contributed by atoms with E-state index in [2.05, 4.69) is 5.32 Å². The zero-order chi connectivity index (χ0) is 13.3. The topological polar surface area (TPSA) is 107 Å². The number of carboxylic acids is 1. The monoisotopic (exact) mass is 255 g/mol. The van der Waals surface area contributed by atoms with Gasteiger partial charge in [0.15, 0.2) is 0 Å². The highest BCUT2D eigenvalue weighted by molar-refractivity contribution is 5.87. The smallest absolute Gasteiger partial charge is 0.307 e. The van der Waals surface area contributed by atoms with Gasteiger partial charge in [-0.1, -0.05) is 12.2 Å². The number of hydrogen-bond donors (Lipinski definition) is 4. The van der Waals surface area contributed by atoms with Crippen molar-refractivity contribution in [2.24, 2.45) is 23.7 Å². The van der Waals surface area contributed by atoms with Crippen molar-refractivity contribution in [3.05, 3.63) is 12.2 Å². The normalized spacial score (nSPS) is 33.1. The van der Waals surface area contributed by atoms with Gasteiger partial charge in [-0.15, -0.1) is 0 Å². The number of aliphatic hydroxyl groups is 2. The summed E-state index contributed by atoms with van der Waals surface area (Å²) in [4.78, 5) is 23.3. The van der Waals surface area contributed by atoms with Crippen LogP contribution in [0.15, 0.2) is 12.2 Å². The van der Waals surface area contributed by atoms with E-state index < -0.39 is 29.8 Å². The maximum Gasteiger partial charge on any atom is 0.307 e. The minimum absolute atomic E-state index is 0.0471. The molecular weight excluding hydrogens is 238 g/mol. The molecule has 1 amide bonds. The molecule has 0 aromatic carbocycles. The van der Waals surface area contributed by atoms with Gasteiger partial charge in [-0.3, -0.25) is 9.59 Å². The Kier molecular flexibility index (Phi) is 3.68. The zero-order valence-corrected chi connectivity index (χ0v) is 9.82. The Labute approximate surface area is 104 Å². The molecule has 2 unspecified atom stereocenters. The highest BCUT2D eigenvalue weighted by Crippen LogP contribution is 2.48. The summed E-state index contributed by atoms with van der Waals surface area (Å²) in [6.45, 7) is -0.729. The summed E-state index contributed by atoms with van der Waals surface area (Å²) in [6.07, 6.45) is 4.45. The lowest BCUT2D eigenvalue weighted by Crippen LogP contribution is -2.47. The van der Waals surface area contributed by atoms with Crippen LogP contribution in [0.25, 0.3) is 0 Å². The molecule has 0 aliphatic heterocycles. The van der Waals surface area contributed by atoms with E-state index in [4.69, 9.17) is 10.2 Å². The van der Waals surface area contributed by atoms with Crippen LogP contribution in [0.1, 0.15) is 6.42 Å². The SMILES string of the molecule is O=C(O)[C@@H]1C2C=CC(C2)[C@@H]1C(=O)NC(CO)CO. The van der Waals surface area contributed by atoms with E-state index in [0.717, 1.165) is 0 Å². The molecular formula is C12H17NO5. The van der Waals surface area contributed by atoms with Crippen LogP contribution in [0, 0.1) is 23.7 Å². The second kappa shape index (κ2) is 5.07. The predicted octanol–water partition coefficient (Wildman–Crippen LogP) is -1.02. The van der Waals surface area contributed by atoms with Gasteiger partial charge >= 0.3 is 5.97 Å². The predicted molar refractivity (Wildman–Crippen MR) is 61.5 cm³/mol. The number of aliphatic hydroxyl groups excluding tert-OH is 2. The lowest BCUT2D eigenvalue weighted by atomic mass is 9.82. The summed E-state index contributed by atoms with van der Waals surface area (Å²) >= 11 is 0. The quantitative estimate of drug-likeness (QED) is 0.470. The van der Waals surface area contributed by atoms with Crippen molar-refractivity contribution < 1.29 is 24.9 Å². The van der Waals surface area contributed by atoms with Crippen molar-refractivity contribution in [3.8, 4) is 0 Å². The molecule has 0 spiro atoms. The summed E-state index contributed by atoms with van der Waals surface area (Å²) in [5, 5.41) is 29.5. The lowest BCUT2D eigenvalue weighted by Gasteiger charge is -2.25. The lowest BCUT2D eigenvalue weighted by molar-refractivity contribution is -0.148. The third-order valence-electron chi connectivity index (χ3n) is 3.83. The van der Waals surface area contributed by atoms with Crippen molar-refractivity contribution >= 4 is 11.9 Å².